The van der Waals surface area contributed by atoms with Gasteiger partial charge in [0.1, 0.15) is 6.21 Å². The second-order valence-electron chi connectivity index (χ2n) is 1.96. The molecule has 0 saturated heterocycles. The van der Waals surface area contributed by atoms with Crippen LogP contribution in [0.2, 0.25) is 0 Å². The second-order valence-corrected chi connectivity index (χ2v) is 1.96. The van der Waals surface area contributed by atoms with Gasteiger partial charge in [0.15, 0.2) is 0 Å². The molecule has 0 aromatic carbocycles. The minimum atomic E-state index is -0.708. The first-order valence-corrected chi connectivity index (χ1v) is 3.21. The SMILES string of the molecule is CCOC(=O)C1N=CC1=[N+]=[N-]. The zero-order valence-corrected chi connectivity index (χ0v) is 6.02. The first-order valence-electron chi connectivity index (χ1n) is 3.21. The molecule has 0 N–H and O–H groups in total. The Bertz CT molecular complexity index is 253. The molecule has 1 heterocycles. The van der Waals surface area contributed by atoms with Crippen molar-refractivity contribution >= 4 is 17.9 Å². The van der Waals surface area contributed by atoms with Crippen molar-refractivity contribution in [2.45, 2.75) is 13.0 Å². The van der Waals surface area contributed by atoms with Gasteiger partial charge in [-0.15, -0.1) is 0 Å². The lowest BCUT2D eigenvalue weighted by molar-refractivity contribution is -0.143. The smallest absolute Gasteiger partial charge is 0.345 e. The van der Waals surface area contributed by atoms with Gasteiger partial charge in [0, 0.05) is 0 Å². The number of carbonyl (C=O) groups is 1. The second kappa shape index (κ2) is 3.07. The van der Waals surface area contributed by atoms with E-state index in [-0.39, 0.29) is 5.71 Å². The largest absolute Gasteiger partial charge is 0.464 e. The van der Waals surface area contributed by atoms with Crippen LogP contribution in [0.5, 0.6) is 0 Å². The summed E-state index contributed by atoms with van der Waals surface area (Å²) in [6, 6.07) is -0.708. The molecule has 1 atom stereocenters. The van der Waals surface area contributed by atoms with Crippen LogP contribution in [0, 0.1) is 0 Å². The molecule has 5 heteroatoms. The van der Waals surface area contributed by atoms with Crippen molar-refractivity contribution in [1.82, 2.24) is 0 Å². The summed E-state index contributed by atoms with van der Waals surface area (Å²) >= 11 is 0. The van der Waals surface area contributed by atoms with Gasteiger partial charge < -0.3 is 10.3 Å². The molecule has 0 bridgehead atoms. The molecule has 0 radical (unpaired) electrons. The Morgan fingerprint density at radius 1 is 2.00 bits per heavy atom. The van der Waals surface area contributed by atoms with E-state index in [0.29, 0.717) is 6.61 Å². The van der Waals surface area contributed by atoms with E-state index in [4.69, 9.17) is 5.53 Å². The molecule has 5 nitrogen and oxygen atoms in total. The normalized spacial score (nSPS) is 20.5. The van der Waals surface area contributed by atoms with Gasteiger partial charge in [-0.25, -0.2) is 4.79 Å². The van der Waals surface area contributed by atoms with E-state index in [2.05, 4.69) is 14.5 Å². The average molecular weight is 153 g/mol. The molecule has 0 fully saturated rings. The fourth-order valence-electron chi connectivity index (χ4n) is 0.699. The summed E-state index contributed by atoms with van der Waals surface area (Å²) in [6.45, 7) is 2.01. The first-order chi connectivity index (χ1) is 5.29. The van der Waals surface area contributed by atoms with Crippen LogP contribution in [0.25, 0.3) is 5.53 Å². The number of nitrogens with zero attached hydrogens (tertiary/aromatic N) is 3. The summed E-state index contributed by atoms with van der Waals surface area (Å²) in [6.07, 6.45) is 1.32. The molecule has 0 aromatic rings. The first kappa shape index (κ1) is 7.63. The third-order valence-electron chi connectivity index (χ3n) is 1.26. The minimum Gasteiger partial charge on any atom is -0.464 e. The predicted molar refractivity (Wildman–Crippen MR) is 37.5 cm³/mol. The average Bonchev–Trinajstić information content (AvgIpc) is 1.86. The summed E-state index contributed by atoms with van der Waals surface area (Å²) in [5.41, 5.74) is 8.52. The minimum absolute atomic E-state index is 0.253. The summed E-state index contributed by atoms with van der Waals surface area (Å²) in [7, 11) is 0. The highest BCUT2D eigenvalue weighted by Crippen LogP contribution is 2.03. The summed E-state index contributed by atoms with van der Waals surface area (Å²) in [4.78, 5) is 17.4. The van der Waals surface area contributed by atoms with Gasteiger partial charge in [-0.1, -0.05) is 0 Å². The zero-order chi connectivity index (χ0) is 8.27. The van der Waals surface area contributed by atoms with Crippen LogP contribution in [0.1, 0.15) is 6.92 Å². The Kier molecular flexibility index (Phi) is 2.13. The molecule has 11 heavy (non-hydrogen) atoms. The van der Waals surface area contributed by atoms with Crippen molar-refractivity contribution in [3.63, 3.8) is 0 Å². The van der Waals surface area contributed by atoms with Crippen molar-refractivity contribution in [2.24, 2.45) is 4.99 Å². The Labute approximate surface area is 63.3 Å². The lowest BCUT2D eigenvalue weighted by atomic mass is 10.1. The maximum atomic E-state index is 10.9. The van der Waals surface area contributed by atoms with E-state index in [1.807, 2.05) is 0 Å². The molecule has 0 aliphatic carbocycles. The van der Waals surface area contributed by atoms with E-state index in [1.54, 1.807) is 6.92 Å². The molecule has 1 unspecified atom stereocenters. The van der Waals surface area contributed by atoms with Crippen molar-refractivity contribution in [1.29, 1.82) is 0 Å². The fraction of sp³-hybridized carbons (Fsp3) is 0.500. The van der Waals surface area contributed by atoms with Crippen molar-refractivity contribution in [3.8, 4) is 0 Å². The van der Waals surface area contributed by atoms with E-state index < -0.39 is 12.0 Å². The van der Waals surface area contributed by atoms with Crippen LogP contribution in [-0.2, 0) is 9.53 Å². The van der Waals surface area contributed by atoms with Gasteiger partial charge in [-0.3, -0.25) is 4.99 Å². The Morgan fingerprint density at radius 3 is 3.09 bits per heavy atom. The number of rotatable bonds is 2. The number of aliphatic imine (C=N–C) groups is 1. The summed E-state index contributed by atoms with van der Waals surface area (Å²) in [5, 5.41) is 0. The Balaban J connectivity index is 2.58. The number of esters is 1. The van der Waals surface area contributed by atoms with Gasteiger partial charge in [0.2, 0.25) is 6.04 Å². The molecule has 0 saturated carbocycles. The molecular weight excluding hydrogens is 146 g/mol. The van der Waals surface area contributed by atoms with Gasteiger partial charge in [0.25, 0.3) is 0 Å². The molecule has 1 aliphatic rings. The van der Waals surface area contributed by atoms with Crippen LogP contribution >= 0.6 is 0 Å². The van der Waals surface area contributed by atoms with Crippen LogP contribution < -0.4 is 0 Å². The topological polar surface area (TPSA) is 75.1 Å². The van der Waals surface area contributed by atoms with E-state index >= 15 is 0 Å². The number of hydrogen-bond donors (Lipinski definition) is 0. The van der Waals surface area contributed by atoms with Crippen molar-refractivity contribution in [2.75, 3.05) is 6.61 Å². The van der Waals surface area contributed by atoms with Gasteiger partial charge in [-0.05, 0) is 6.92 Å². The van der Waals surface area contributed by atoms with Crippen LogP contribution in [0.15, 0.2) is 4.99 Å². The zero-order valence-electron chi connectivity index (χ0n) is 6.02. The Hall–Kier alpha value is -1.48. The molecule has 0 spiro atoms. The number of ether oxygens (including phenoxy) is 1. The lowest BCUT2D eigenvalue weighted by Crippen LogP contribution is -2.39. The molecule has 1 aliphatic heterocycles. The number of hydrogen-bond acceptors (Lipinski definition) is 3. The third-order valence-corrected chi connectivity index (χ3v) is 1.26. The maximum Gasteiger partial charge on any atom is 0.345 e. The van der Waals surface area contributed by atoms with Crippen LogP contribution in [-0.4, -0.2) is 35.3 Å². The molecular formula is C6H7N3O2. The van der Waals surface area contributed by atoms with E-state index in [9.17, 15) is 4.79 Å². The monoisotopic (exact) mass is 153 g/mol. The van der Waals surface area contributed by atoms with Gasteiger partial charge >= 0.3 is 11.7 Å². The van der Waals surface area contributed by atoms with E-state index in [1.165, 1.54) is 6.21 Å². The van der Waals surface area contributed by atoms with E-state index in [0.717, 1.165) is 0 Å². The molecule has 0 aromatic heterocycles. The highest BCUT2D eigenvalue weighted by molar-refractivity contribution is 6.40. The van der Waals surface area contributed by atoms with Gasteiger partial charge in [-0.2, -0.15) is 4.79 Å². The number of carbonyl (C=O) groups excluding carboxylic acids is 1. The lowest BCUT2D eigenvalue weighted by Gasteiger charge is -2.09. The molecule has 58 valence electrons. The third kappa shape index (κ3) is 1.33. The van der Waals surface area contributed by atoms with Gasteiger partial charge in [0.05, 0.1) is 6.61 Å². The quantitative estimate of drug-likeness (QED) is 0.309. The highest BCUT2D eigenvalue weighted by Gasteiger charge is 2.36. The van der Waals surface area contributed by atoms with Crippen LogP contribution in [0.4, 0.5) is 0 Å². The predicted octanol–water partition coefficient (Wildman–Crippen LogP) is -0.327. The maximum absolute atomic E-state index is 10.9. The van der Waals surface area contributed by atoms with Crippen LogP contribution in [0.3, 0.4) is 0 Å². The Morgan fingerprint density at radius 2 is 2.73 bits per heavy atom. The van der Waals surface area contributed by atoms with Crippen molar-refractivity contribution in [3.05, 3.63) is 5.53 Å². The molecule has 0 amide bonds. The highest BCUT2D eigenvalue weighted by atomic mass is 16.5. The summed E-state index contributed by atoms with van der Waals surface area (Å²) in [5.74, 6) is -0.470. The summed E-state index contributed by atoms with van der Waals surface area (Å²) < 4.78 is 4.63. The standard InChI is InChI=1S/C6H7N3O2/c1-2-11-6(10)5-4(9-7)3-8-5/h3,5H,2H2,1H3. The fourth-order valence-corrected chi connectivity index (χ4v) is 0.699. The molecule has 1 rings (SSSR count). The van der Waals surface area contributed by atoms with Crippen molar-refractivity contribution < 1.29 is 14.3 Å².